The molecule has 2 rings (SSSR count). The molecule has 1 aliphatic rings. The Bertz CT molecular complexity index is 339. The van der Waals surface area contributed by atoms with E-state index < -0.39 is 0 Å². The number of hydrogen-bond donors (Lipinski definition) is 1. The van der Waals surface area contributed by atoms with Crippen molar-refractivity contribution < 1.29 is 4.74 Å². The van der Waals surface area contributed by atoms with Crippen LogP contribution in [-0.2, 0) is 4.74 Å². The molecule has 0 spiro atoms. The number of alkyl halides is 1. The van der Waals surface area contributed by atoms with Gasteiger partial charge in [0.1, 0.15) is 5.82 Å². The van der Waals surface area contributed by atoms with Gasteiger partial charge in [0.05, 0.1) is 18.5 Å². The highest BCUT2D eigenvalue weighted by atomic mass is 127. The van der Waals surface area contributed by atoms with Crippen molar-refractivity contribution in [3.63, 3.8) is 0 Å². The molecule has 0 amide bonds. The number of ether oxygens (including phenoxy) is 1. The Balaban J connectivity index is 0.000000861. The number of methoxy groups -OCH3 is 1. The van der Waals surface area contributed by atoms with E-state index in [1.165, 1.54) is 0 Å². The third-order valence-corrected chi connectivity index (χ3v) is 3.08. The van der Waals surface area contributed by atoms with Crippen molar-refractivity contribution in [2.75, 3.05) is 62.0 Å². The van der Waals surface area contributed by atoms with E-state index in [0.717, 1.165) is 45.1 Å². The quantitative estimate of drug-likeness (QED) is 0.636. The van der Waals surface area contributed by atoms with Crippen LogP contribution in [0.2, 0.25) is 0 Å². The van der Waals surface area contributed by atoms with Crippen LogP contribution in [0.25, 0.3) is 0 Å². The predicted molar refractivity (Wildman–Crippen MR) is 89.1 cm³/mol. The molecular weight excluding hydrogens is 355 g/mol. The first-order valence-corrected chi connectivity index (χ1v) is 8.51. The summed E-state index contributed by atoms with van der Waals surface area (Å²) in [7, 11) is 1.74. The molecule has 6 heteroatoms. The molecule has 0 atom stereocenters. The molecular formula is C13H23IN4O. The Labute approximate surface area is 129 Å². The summed E-state index contributed by atoms with van der Waals surface area (Å²) in [6.07, 6.45) is 1.71. The van der Waals surface area contributed by atoms with Crippen LogP contribution >= 0.6 is 22.6 Å². The highest BCUT2D eigenvalue weighted by Crippen LogP contribution is 2.14. The highest BCUT2D eigenvalue weighted by Gasteiger charge is 2.17. The van der Waals surface area contributed by atoms with Gasteiger partial charge in [-0.2, -0.15) is 0 Å². The Morgan fingerprint density at radius 1 is 1.26 bits per heavy atom. The molecule has 1 aromatic rings. The second-order valence-corrected chi connectivity index (χ2v) is 4.27. The summed E-state index contributed by atoms with van der Waals surface area (Å²) in [6.45, 7) is 5.98. The van der Waals surface area contributed by atoms with Crippen molar-refractivity contribution >= 4 is 34.1 Å². The fourth-order valence-corrected chi connectivity index (χ4v) is 2.01. The third kappa shape index (κ3) is 5.50. The largest absolute Gasteiger partial charge is 0.397 e. The SMILES string of the molecule is CI.COCCN1CCN(c2ccc(N)cn2)CC1. The summed E-state index contributed by atoms with van der Waals surface area (Å²) in [5, 5.41) is 0. The molecule has 0 radical (unpaired) electrons. The van der Waals surface area contributed by atoms with Gasteiger partial charge in [0, 0.05) is 39.8 Å². The maximum absolute atomic E-state index is 5.63. The second-order valence-electron chi connectivity index (χ2n) is 4.27. The van der Waals surface area contributed by atoms with Crippen LogP contribution in [0, 0.1) is 0 Å². The first kappa shape index (κ1) is 16.5. The van der Waals surface area contributed by atoms with Crippen LogP contribution in [0.4, 0.5) is 11.5 Å². The summed E-state index contributed by atoms with van der Waals surface area (Å²) in [5.74, 6) is 1.02. The number of nitrogens with two attached hydrogens (primary N) is 1. The minimum absolute atomic E-state index is 0.715. The molecule has 0 aromatic carbocycles. The number of piperazine rings is 1. The van der Waals surface area contributed by atoms with Crippen LogP contribution < -0.4 is 10.6 Å². The number of halogens is 1. The Kier molecular flexibility index (Phi) is 8.08. The van der Waals surface area contributed by atoms with Gasteiger partial charge in [0.25, 0.3) is 0 Å². The average molecular weight is 378 g/mol. The number of nitrogens with zero attached hydrogens (tertiary/aromatic N) is 3. The number of anilines is 2. The van der Waals surface area contributed by atoms with E-state index in [2.05, 4.69) is 37.4 Å². The van der Waals surface area contributed by atoms with E-state index in [0.29, 0.717) is 5.69 Å². The number of aromatic nitrogens is 1. The summed E-state index contributed by atoms with van der Waals surface area (Å²) < 4.78 is 5.09. The zero-order chi connectivity index (χ0) is 14.1. The van der Waals surface area contributed by atoms with Crippen LogP contribution in [0.1, 0.15) is 0 Å². The van der Waals surface area contributed by atoms with E-state index in [9.17, 15) is 0 Å². The lowest BCUT2D eigenvalue weighted by Crippen LogP contribution is -2.47. The number of rotatable bonds is 4. The molecule has 1 aromatic heterocycles. The monoisotopic (exact) mass is 378 g/mol. The Morgan fingerprint density at radius 2 is 1.95 bits per heavy atom. The molecule has 1 fully saturated rings. The summed E-state index contributed by atoms with van der Waals surface area (Å²) in [6, 6.07) is 3.89. The molecule has 19 heavy (non-hydrogen) atoms. The highest BCUT2D eigenvalue weighted by molar-refractivity contribution is 14.1. The van der Waals surface area contributed by atoms with E-state index in [1.54, 1.807) is 13.3 Å². The fourth-order valence-electron chi connectivity index (χ4n) is 2.01. The van der Waals surface area contributed by atoms with E-state index in [1.807, 2.05) is 17.1 Å². The lowest BCUT2D eigenvalue weighted by molar-refractivity contribution is 0.144. The van der Waals surface area contributed by atoms with Crippen molar-refractivity contribution in [3.8, 4) is 0 Å². The lowest BCUT2D eigenvalue weighted by Gasteiger charge is -2.35. The second kappa shape index (κ2) is 9.33. The van der Waals surface area contributed by atoms with Crippen LogP contribution in [0.3, 0.4) is 0 Å². The zero-order valence-corrected chi connectivity index (χ0v) is 13.8. The van der Waals surface area contributed by atoms with Gasteiger partial charge in [-0.25, -0.2) is 4.98 Å². The third-order valence-electron chi connectivity index (χ3n) is 3.08. The standard InChI is InChI=1S/C12H20N4O.CH3I/c1-17-9-8-15-4-6-16(7-5-15)12-3-2-11(13)10-14-12;1-2/h2-3,10H,4-9,13H2,1H3;1H3. The molecule has 2 heterocycles. The molecule has 0 bridgehead atoms. The molecule has 0 unspecified atom stereocenters. The van der Waals surface area contributed by atoms with Gasteiger partial charge in [-0.1, -0.05) is 22.6 Å². The molecule has 108 valence electrons. The van der Waals surface area contributed by atoms with E-state index >= 15 is 0 Å². The first-order valence-electron chi connectivity index (χ1n) is 6.35. The minimum atomic E-state index is 0.715. The van der Waals surface area contributed by atoms with Gasteiger partial charge >= 0.3 is 0 Å². The average Bonchev–Trinajstić information content (AvgIpc) is 2.49. The smallest absolute Gasteiger partial charge is 0.128 e. The molecule has 0 saturated carbocycles. The van der Waals surface area contributed by atoms with Gasteiger partial charge in [0.2, 0.25) is 0 Å². The molecule has 5 nitrogen and oxygen atoms in total. The van der Waals surface area contributed by atoms with Crippen molar-refractivity contribution in [2.45, 2.75) is 0 Å². The van der Waals surface area contributed by atoms with Crippen molar-refractivity contribution in [2.24, 2.45) is 0 Å². The maximum atomic E-state index is 5.63. The fraction of sp³-hybridized carbons (Fsp3) is 0.615. The molecule has 1 aliphatic heterocycles. The summed E-state index contributed by atoms with van der Waals surface area (Å²) in [5.41, 5.74) is 6.35. The van der Waals surface area contributed by atoms with Gasteiger partial charge in [-0.15, -0.1) is 0 Å². The molecule has 2 N–H and O–H groups in total. The van der Waals surface area contributed by atoms with Gasteiger partial charge in [0.15, 0.2) is 0 Å². The summed E-state index contributed by atoms with van der Waals surface area (Å²) >= 11 is 2.15. The van der Waals surface area contributed by atoms with Gasteiger partial charge in [-0.05, 0) is 17.1 Å². The van der Waals surface area contributed by atoms with Crippen molar-refractivity contribution in [1.29, 1.82) is 0 Å². The number of nitrogen functional groups attached to an aromatic ring is 1. The first-order chi connectivity index (χ1) is 9.29. The molecule has 0 aliphatic carbocycles. The Hall–Kier alpha value is -0.600. The van der Waals surface area contributed by atoms with Crippen molar-refractivity contribution in [1.82, 2.24) is 9.88 Å². The minimum Gasteiger partial charge on any atom is -0.397 e. The lowest BCUT2D eigenvalue weighted by atomic mass is 10.3. The normalized spacial score (nSPS) is 15.8. The maximum Gasteiger partial charge on any atom is 0.128 e. The Morgan fingerprint density at radius 3 is 2.47 bits per heavy atom. The topological polar surface area (TPSA) is 54.6 Å². The van der Waals surface area contributed by atoms with E-state index in [-0.39, 0.29) is 0 Å². The van der Waals surface area contributed by atoms with E-state index in [4.69, 9.17) is 10.5 Å². The van der Waals surface area contributed by atoms with Gasteiger partial charge < -0.3 is 15.4 Å². The van der Waals surface area contributed by atoms with Crippen LogP contribution in [-0.4, -0.2) is 61.3 Å². The predicted octanol–water partition coefficient (Wildman–Crippen LogP) is 1.48. The number of hydrogen-bond acceptors (Lipinski definition) is 5. The number of pyridine rings is 1. The zero-order valence-electron chi connectivity index (χ0n) is 11.7. The van der Waals surface area contributed by atoms with Crippen molar-refractivity contribution in [3.05, 3.63) is 18.3 Å². The molecule has 1 saturated heterocycles. The van der Waals surface area contributed by atoms with Crippen LogP contribution in [0.15, 0.2) is 18.3 Å². The summed E-state index contributed by atoms with van der Waals surface area (Å²) in [4.78, 5) is 11.0. The van der Waals surface area contributed by atoms with Gasteiger partial charge in [-0.3, -0.25) is 4.90 Å². The van der Waals surface area contributed by atoms with Crippen LogP contribution in [0.5, 0.6) is 0 Å².